The van der Waals surface area contributed by atoms with Gasteiger partial charge in [0.15, 0.2) is 6.29 Å². The molecule has 0 atom stereocenters. The lowest BCUT2D eigenvalue weighted by molar-refractivity contribution is 0.0696. The molecule has 0 bridgehead atoms. The molecule has 0 saturated heterocycles. The average Bonchev–Trinajstić information content (AvgIpc) is 2.03. The molecule has 0 aromatic carbocycles. The van der Waals surface area contributed by atoms with Crippen molar-refractivity contribution in [3.63, 3.8) is 0 Å². The van der Waals surface area contributed by atoms with Crippen LogP contribution in [-0.2, 0) is 0 Å². The van der Waals surface area contributed by atoms with Crippen LogP contribution in [0.1, 0.15) is 20.8 Å². The number of aromatic carboxylic acids is 1. The summed E-state index contributed by atoms with van der Waals surface area (Å²) in [5.74, 6) is -2.27. The zero-order valence-corrected chi connectivity index (χ0v) is 5.82. The van der Waals surface area contributed by atoms with Crippen molar-refractivity contribution >= 4 is 12.3 Å². The molecule has 0 spiro atoms. The Labute approximate surface area is 66.7 Å². The molecule has 0 radical (unpaired) electrons. The lowest BCUT2D eigenvalue weighted by Gasteiger charge is -1.94. The van der Waals surface area contributed by atoms with Crippen molar-refractivity contribution in [3.05, 3.63) is 29.3 Å². The van der Waals surface area contributed by atoms with E-state index in [1.807, 2.05) is 0 Å². The monoisotopic (exact) mass is 169 g/mol. The second-order valence-corrected chi connectivity index (χ2v) is 2.03. The van der Waals surface area contributed by atoms with Crippen LogP contribution in [0.3, 0.4) is 0 Å². The highest BCUT2D eigenvalue weighted by atomic mass is 19.1. The number of nitrogens with zero attached hydrogens (tertiary/aromatic N) is 1. The SMILES string of the molecule is O=Cc1cc(C(=O)O)cc(F)n1. The zero-order chi connectivity index (χ0) is 9.14. The van der Waals surface area contributed by atoms with Crippen molar-refractivity contribution in [2.75, 3.05) is 0 Å². The molecule has 1 N–H and O–H groups in total. The highest BCUT2D eigenvalue weighted by Gasteiger charge is 2.06. The Balaban J connectivity index is 3.23. The maximum Gasteiger partial charge on any atom is 0.335 e. The first-order chi connectivity index (χ1) is 5.63. The normalized spacial score (nSPS) is 9.42. The number of carbonyl (C=O) groups excluding carboxylic acids is 1. The van der Waals surface area contributed by atoms with Gasteiger partial charge in [0.05, 0.1) is 5.56 Å². The minimum atomic E-state index is -1.29. The molecule has 0 aliphatic heterocycles. The van der Waals surface area contributed by atoms with Crippen molar-refractivity contribution in [2.24, 2.45) is 0 Å². The van der Waals surface area contributed by atoms with E-state index in [0.717, 1.165) is 12.1 Å². The van der Waals surface area contributed by atoms with Crippen LogP contribution in [0.15, 0.2) is 12.1 Å². The fourth-order valence-electron chi connectivity index (χ4n) is 0.701. The van der Waals surface area contributed by atoms with Gasteiger partial charge in [-0.2, -0.15) is 4.39 Å². The second kappa shape index (κ2) is 3.08. The van der Waals surface area contributed by atoms with E-state index in [9.17, 15) is 14.0 Å². The zero-order valence-electron chi connectivity index (χ0n) is 5.82. The van der Waals surface area contributed by atoms with Crippen LogP contribution in [0.5, 0.6) is 0 Å². The molecule has 0 aliphatic rings. The molecule has 0 amide bonds. The number of carboxylic acids is 1. The Kier molecular flexibility index (Phi) is 2.14. The molecule has 0 saturated carbocycles. The van der Waals surface area contributed by atoms with Crippen LogP contribution in [0, 0.1) is 5.95 Å². The molecular formula is C7H4FNO3. The summed E-state index contributed by atoms with van der Waals surface area (Å²) in [6, 6.07) is 1.74. The van der Waals surface area contributed by atoms with Gasteiger partial charge in [-0.3, -0.25) is 4.79 Å². The summed E-state index contributed by atoms with van der Waals surface area (Å²) in [6.07, 6.45) is 0.287. The maximum atomic E-state index is 12.4. The van der Waals surface area contributed by atoms with Crippen molar-refractivity contribution in [1.82, 2.24) is 4.98 Å². The summed E-state index contributed by atoms with van der Waals surface area (Å²) in [5, 5.41) is 8.42. The predicted octanol–water partition coefficient (Wildman–Crippen LogP) is 0.731. The van der Waals surface area contributed by atoms with Gasteiger partial charge < -0.3 is 5.11 Å². The molecule has 12 heavy (non-hydrogen) atoms. The summed E-state index contributed by atoms with van der Waals surface area (Å²) >= 11 is 0. The van der Waals surface area contributed by atoms with Gasteiger partial charge in [-0.15, -0.1) is 0 Å². The van der Waals surface area contributed by atoms with Gasteiger partial charge in [-0.1, -0.05) is 0 Å². The first-order valence-corrected chi connectivity index (χ1v) is 2.99. The lowest BCUT2D eigenvalue weighted by Crippen LogP contribution is -2.01. The molecule has 0 fully saturated rings. The standard InChI is InChI=1S/C7H4FNO3/c8-6-2-4(7(11)12)1-5(3-10)9-6/h1-3H,(H,11,12). The van der Waals surface area contributed by atoms with E-state index in [4.69, 9.17) is 5.11 Å². The number of hydrogen-bond donors (Lipinski definition) is 1. The smallest absolute Gasteiger partial charge is 0.335 e. The molecule has 5 heteroatoms. The number of rotatable bonds is 2. The van der Waals surface area contributed by atoms with E-state index in [1.54, 1.807) is 0 Å². The van der Waals surface area contributed by atoms with E-state index in [2.05, 4.69) is 4.98 Å². The molecule has 4 nitrogen and oxygen atoms in total. The Bertz CT molecular complexity index is 337. The maximum absolute atomic E-state index is 12.4. The predicted molar refractivity (Wildman–Crippen MR) is 36.5 cm³/mol. The number of hydrogen-bond acceptors (Lipinski definition) is 3. The van der Waals surface area contributed by atoms with Gasteiger partial charge in [-0.05, 0) is 6.07 Å². The fraction of sp³-hybridized carbons (Fsp3) is 0. The highest BCUT2D eigenvalue weighted by molar-refractivity contribution is 5.89. The number of carboxylic acid groups (broad SMARTS) is 1. The summed E-state index contributed by atoms with van der Waals surface area (Å²) in [4.78, 5) is 23.6. The average molecular weight is 169 g/mol. The Morgan fingerprint density at radius 2 is 2.25 bits per heavy atom. The van der Waals surface area contributed by atoms with Gasteiger partial charge in [0.2, 0.25) is 5.95 Å². The summed E-state index contributed by atoms with van der Waals surface area (Å²) in [6.45, 7) is 0. The van der Waals surface area contributed by atoms with Gasteiger partial charge in [-0.25, -0.2) is 9.78 Å². The fourth-order valence-corrected chi connectivity index (χ4v) is 0.701. The topological polar surface area (TPSA) is 67.3 Å². The van der Waals surface area contributed by atoms with Gasteiger partial charge in [0.1, 0.15) is 5.69 Å². The quantitative estimate of drug-likeness (QED) is 0.523. The van der Waals surface area contributed by atoms with E-state index < -0.39 is 11.9 Å². The number of aldehydes is 1. The molecule has 62 valence electrons. The Morgan fingerprint density at radius 1 is 1.58 bits per heavy atom. The van der Waals surface area contributed by atoms with E-state index in [1.165, 1.54) is 0 Å². The Morgan fingerprint density at radius 3 is 2.75 bits per heavy atom. The summed E-state index contributed by atoms with van der Waals surface area (Å²) in [7, 11) is 0. The minimum absolute atomic E-state index is 0.229. The number of pyridine rings is 1. The molecule has 1 aromatic rings. The van der Waals surface area contributed by atoms with Crippen LogP contribution < -0.4 is 0 Å². The number of aromatic nitrogens is 1. The van der Waals surface area contributed by atoms with Crippen LogP contribution in [0.4, 0.5) is 4.39 Å². The minimum Gasteiger partial charge on any atom is -0.478 e. The van der Waals surface area contributed by atoms with Crippen LogP contribution in [0.2, 0.25) is 0 Å². The lowest BCUT2D eigenvalue weighted by atomic mass is 10.2. The van der Waals surface area contributed by atoms with Gasteiger partial charge in [0, 0.05) is 6.07 Å². The van der Waals surface area contributed by atoms with Crippen molar-refractivity contribution in [1.29, 1.82) is 0 Å². The molecule has 1 aromatic heterocycles. The van der Waals surface area contributed by atoms with Crippen molar-refractivity contribution in [3.8, 4) is 0 Å². The van der Waals surface area contributed by atoms with Crippen molar-refractivity contribution < 1.29 is 19.1 Å². The van der Waals surface area contributed by atoms with E-state index in [0.29, 0.717) is 0 Å². The summed E-state index contributed by atoms with van der Waals surface area (Å²) < 4.78 is 12.4. The third-order valence-corrected chi connectivity index (χ3v) is 1.18. The highest BCUT2D eigenvalue weighted by Crippen LogP contribution is 2.03. The largest absolute Gasteiger partial charge is 0.478 e. The molecule has 1 heterocycles. The molecule has 1 rings (SSSR count). The van der Waals surface area contributed by atoms with E-state index in [-0.39, 0.29) is 17.5 Å². The van der Waals surface area contributed by atoms with Crippen LogP contribution in [0.25, 0.3) is 0 Å². The number of carbonyl (C=O) groups is 2. The molecule has 0 unspecified atom stereocenters. The summed E-state index contributed by atoms with van der Waals surface area (Å²) in [5.41, 5.74) is -0.517. The van der Waals surface area contributed by atoms with Crippen LogP contribution in [-0.4, -0.2) is 22.3 Å². The third-order valence-electron chi connectivity index (χ3n) is 1.18. The van der Waals surface area contributed by atoms with Gasteiger partial charge in [0.25, 0.3) is 0 Å². The number of halogens is 1. The van der Waals surface area contributed by atoms with Gasteiger partial charge >= 0.3 is 5.97 Å². The Hall–Kier alpha value is -1.78. The molecular weight excluding hydrogens is 165 g/mol. The van der Waals surface area contributed by atoms with E-state index >= 15 is 0 Å². The van der Waals surface area contributed by atoms with Crippen LogP contribution >= 0.6 is 0 Å². The first kappa shape index (κ1) is 8.32. The van der Waals surface area contributed by atoms with Crippen molar-refractivity contribution in [2.45, 2.75) is 0 Å². The second-order valence-electron chi connectivity index (χ2n) is 2.03. The molecule has 0 aliphatic carbocycles. The first-order valence-electron chi connectivity index (χ1n) is 2.99. The third kappa shape index (κ3) is 1.63.